The number of nitrogens with zero attached hydrogens (tertiary/aromatic N) is 2. The van der Waals surface area contributed by atoms with Crippen LogP contribution >= 0.6 is 23.2 Å². The molecule has 0 N–H and O–H groups in total. The summed E-state index contributed by atoms with van der Waals surface area (Å²) in [6, 6.07) is 5.66. The summed E-state index contributed by atoms with van der Waals surface area (Å²) in [6.45, 7) is 2.22. The smallest absolute Gasteiger partial charge is 0.169 e. The Morgan fingerprint density at radius 3 is 2.82 bits per heavy atom. The topological polar surface area (TPSA) is 30.4 Å². The van der Waals surface area contributed by atoms with E-state index in [2.05, 4.69) is 11.9 Å². The van der Waals surface area contributed by atoms with E-state index in [9.17, 15) is 0 Å². The van der Waals surface area contributed by atoms with Crippen LogP contribution in [0.1, 0.15) is 50.8 Å². The van der Waals surface area contributed by atoms with Crippen molar-refractivity contribution in [2.45, 2.75) is 50.9 Å². The molecule has 1 saturated heterocycles. The van der Waals surface area contributed by atoms with Gasteiger partial charge in [0.15, 0.2) is 6.23 Å². The molecule has 0 spiro atoms. The van der Waals surface area contributed by atoms with E-state index >= 15 is 0 Å². The van der Waals surface area contributed by atoms with Crippen LogP contribution in [-0.2, 0) is 10.3 Å². The highest BCUT2D eigenvalue weighted by Crippen LogP contribution is 2.58. The number of unbranched alkanes of at least 4 members (excludes halogenated alkanes) is 3. The monoisotopic (exact) mass is 338 g/mol. The summed E-state index contributed by atoms with van der Waals surface area (Å²) in [5, 5.41) is 1.32. The standard InChI is InChI=1S/C17H20Cl2N2O/c1-2-3-4-5-8-17(14-7-6-13(18)11-15(14)19)16(22-17)21-10-9-20-12-21/h6-7,9-12,16H,2-5,8H2,1H3/t16-,17+/m0/s1. The molecule has 0 bridgehead atoms. The van der Waals surface area contributed by atoms with Crippen molar-refractivity contribution >= 4 is 23.2 Å². The average Bonchev–Trinajstić information content (AvgIpc) is 2.96. The molecule has 0 amide bonds. The Morgan fingerprint density at radius 2 is 2.14 bits per heavy atom. The maximum absolute atomic E-state index is 6.43. The largest absolute Gasteiger partial charge is 0.339 e. The summed E-state index contributed by atoms with van der Waals surface area (Å²) in [4.78, 5) is 4.12. The van der Waals surface area contributed by atoms with Crippen LogP contribution in [0.3, 0.4) is 0 Å². The summed E-state index contributed by atoms with van der Waals surface area (Å²) in [6.07, 6.45) is 11.2. The number of imidazole rings is 1. The zero-order chi connectivity index (χ0) is 15.6. The van der Waals surface area contributed by atoms with Crippen LogP contribution in [0.2, 0.25) is 10.0 Å². The van der Waals surface area contributed by atoms with Gasteiger partial charge in [0, 0.05) is 28.0 Å². The van der Waals surface area contributed by atoms with Crippen LogP contribution in [0, 0.1) is 0 Å². The van der Waals surface area contributed by atoms with Gasteiger partial charge in [0.2, 0.25) is 0 Å². The second-order valence-electron chi connectivity index (χ2n) is 5.80. The lowest BCUT2D eigenvalue weighted by Gasteiger charge is -2.15. The first kappa shape index (κ1) is 15.9. The van der Waals surface area contributed by atoms with Gasteiger partial charge < -0.3 is 9.30 Å². The molecule has 3 nitrogen and oxygen atoms in total. The van der Waals surface area contributed by atoms with Gasteiger partial charge in [0.1, 0.15) is 5.60 Å². The minimum Gasteiger partial charge on any atom is -0.339 e. The number of aromatic nitrogens is 2. The molecule has 1 aromatic carbocycles. The van der Waals surface area contributed by atoms with Crippen molar-refractivity contribution in [3.8, 4) is 0 Å². The SMILES string of the molecule is CCCCCC[C@]1(c2ccc(Cl)cc2Cl)O[C@@H]1n1ccnc1. The molecule has 2 aromatic rings. The van der Waals surface area contributed by atoms with Crippen LogP contribution in [0.5, 0.6) is 0 Å². The fraction of sp³-hybridized carbons (Fsp3) is 0.471. The normalized spacial score (nSPS) is 23.7. The Bertz CT molecular complexity index is 630. The molecule has 22 heavy (non-hydrogen) atoms. The van der Waals surface area contributed by atoms with Crippen molar-refractivity contribution in [3.05, 3.63) is 52.5 Å². The minimum atomic E-state index is -0.351. The predicted molar refractivity (Wildman–Crippen MR) is 89.2 cm³/mol. The third-order valence-electron chi connectivity index (χ3n) is 4.25. The molecule has 1 aliphatic heterocycles. The molecule has 2 atom stereocenters. The van der Waals surface area contributed by atoms with Gasteiger partial charge in [-0.1, -0.05) is 61.9 Å². The number of rotatable bonds is 7. The number of benzene rings is 1. The molecule has 0 unspecified atom stereocenters. The third-order valence-corrected chi connectivity index (χ3v) is 4.80. The average molecular weight is 339 g/mol. The molecule has 0 saturated carbocycles. The van der Waals surface area contributed by atoms with Crippen molar-refractivity contribution < 1.29 is 4.74 Å². The molecule has 2 heterocycles. The van der Waals surface area contributed by atoms with E-state index in [1.807, 2.05) is 22.9 Å². The molecule has 118 valence electrons. The van der Waals surface area contributed by atoms with E-state index in [4.69, 9.17) is 27.9 Å². The van der Waals surface area contributed by atoms with E-state index < -0.39 is 0 Å². The summed E-state index contributed by atoms with van der Waals surface area (Å²) < 4.78 is 8.14. The Balaban J connectivity index is 1.84. The fourth-order valence-corrected chi connectivity index (χ4v) is 3.60. The molecule has 0 aliphatic carbocycles. The maximum Gasteiger partial charge on any atom is 0.169 e. The number of ether oxygens (including phenoxy) is 1. The maximum atomic E-state index is 6.43. The van der Waals surface area contributed by atoms with E-state index in [0.717, 1.165) is 18.4 Å². The van der Waals surface area contributed by atoms with Crippen molar-refractivity contribution in [3.63, 3.8) is 0 Å². The molecule has 1 fully saturated rings. The molecular formula is C17H20Cl2N2O. The van der Waals surface area contributed by atoms with Crippen molar-refractivity contribution in [2.24, 2.45) is 0 Å². The van der Waals surface area contributed by atoms with Gasteiger partial charge in [-0.2, -0.15) is 0 Å². The highest BCUT2D eigenvalue weighted by molar-refractivity contribution is 6.35. The van der Waals surface area contributed by atoms with E-state index in [1.54, 1.807) is 18.6 Å². The van der Waals surface area contributed by atoms with E-state index in [1.165, 1.54) is 19.3 Å². The molecule has 0 radical (unpaired) electrons. The highest BCUT2D eigenvalue weighted by atomic mass is 35.5. The lowest BCUT2D eigenvalue weighted by Crippen LogP contribution is -2.13. The third kappa shape index (κ3) is 3.03. The lowest BCUT2D eigenvalue weighted by atomic mass is 9.91. The van der Waals surface area contributed by atoms with Gasteiger partial charge in [-0.15, -0.1) is 0 Å². The summed E-state index contributed by atoms with van der Waals surface area (Å²) in [7, 11) is 0. The van der Waals surface area contributed by atoms with Crippen LogP contribution in [-0.4, -0.2) is 9.55 Å². The Kier molecular flexibility index (Phi) is 4.76. The minimum absolute atomic E-state index is 0.0321. The molecule has 1 aromatic heterocycles. The van der Waals surface area contributed by atoms with E-state index in [0.29, 0.717) is 10.0 Å². The van der Waals surface area contributed by atoms with E-state index in [-0.39, 0.29) is 11.8 Å². The van der Waals surface area contributed by atoms with Crippen molar-refractivity contribution in [1.82, 2.24) is 9.55 Å². The predicted octanol–water partition coefficient (Wildman–Crippen LogP) is 5.58. The van der Waals surface area contributed by atoms with Gasteiger partial charge in [0.25, 0.3) is 0 Å². The van der Waals surface area contributed by atoms with Crippen LogP contribution in [0.25, 0.3) is 0 Å². The van der Waals surface area contributed by atoms with Crippen LogP contribution in [0.15, 0.2) is 36.9 Å². The second kappa shape index (κ2) is 6.61. The fourth-order valence-electron chi connectivity index (χ4n) is 3.04. The van der Waals surface area contributed by atoms with Crippen LogP contribution in [0.4, 0.5) is 0 Å². The summed E-state index contributed by atoms with van der Waals surface area (Å²) >= 11 is 12.5. The first-order valence-electron chi connectivity index (χ1n) is 7.78. The Hall–Kier alpha value is -1.03. The summed E-state index contributed by atoms with van der Waals surface area (Å²) in [5.41, 5.74) is 0.671. The molecule has 1 aliphatic rings. The van der Waals surface area contributed by atoms with Crippen molar-refractivity contribution in [1.29, 1.82) is 0 Å². The zero-order valence-corrected chi connectivity index (χ0v) is 14.1. The molecular weight excluding hydrogens is 319 g/mol. The zero-order valence-electron chi connectivity index (χ0n) is 12.6. The van der Waals surface area contributed by atoms with Gasteiger partial charge >= 0.3 is 0 Å². The number of hydrogen-bond acceptors (Lipinski definition) is 2. The number of halogens is 2. The van der Waals surface area contributed by atoms with Gasteiger partial charge in [-0.3, -0.25) is 0 Å². The van der Waals surface area contributed by atoms with Crippen molar-refractivity contribution in [2.75, 3.05) is 0 Å². The Labute approximate surface area is 141 Å². The van der Waals surface area contributed by atoms with Gasteiger partial charge in [-0.25, -0.2) is 4.98 Å². The first-order valence-corrected chi connectivity index (χ1v) is 8.54. The highest BCUT2D eigenvalue weighted by Gasteiger charge is 2.59. The quantitative estimate of drug-likeness (QED) is 0.487. The molecule has 3 rings (SSSR count). The first-order chi connectivity index (χ1) is 10.7. The lowest BCUT2D eigenvalue weighted by molar-refractivity contribution is 0.266. The van der Waals surface area contributed by atoms with Crippen LogP contribution < -0.4 is 0 Å². The van der Waals surface area contributed by atoms with Gasteiger partial charge in [-0.05, 0) is 18.6 Å². The Morgan fingerprint density at radius 1 is 1.27 bits per heavy atom. The second-order valence-corrected chi connectivity index (χ2v) is 6.65. The number of epoxide rings is 1. The van der Waals surface area contributed by atoms with Gasteiger partial charge in [0.05, 0.1) is 6.33 Å². The number of hydrogen-bond donors (Lipinski definition) is 0. The molecule has 5 heteroatoms. The summed E-state index contributed by atoms with van der Waals surface area (Å²) in [5.74, 6) is 0.